The molecule has 0 spiro atoms. The summed E-state index contributed by atoms with van der Waals surface area (Å²) >= 11 is 11.8. The first-order valence-electron chi connectivity index (χ1n) is 8.03. The van der Waals surface area contributed by atoms with Crippen LogP contribution in [0.3, 0.4) is 0 Å². The number of nitrogens with one attached hydrogen (secondary N) is 1. The standard InChI is InChI=1S/C19H20Cl2N2O2/c1-3-14-6-4-5-7-18(14)23(13(2)24)11-10-19(25)22-15-8-9-16(20)17(21)12-15/h4-9,12H,3,10-11H2,1-2H3,(H,22,25). The Labute approximate surface area is 157 Å². The summed E-state index contributed by atoms with van der Waals surface area (Å²) in [5.41, 5.74) is 2.49. The molecule has 132 valence electrons. The predicted octanol–water partition coefficient (Wildman–Crippen LogP) is 4.94. The third-order valence-corrected chi connectivity index (χ3v) is 4.55. The topological polar surface area (TPSA) is 49.4 Å². The minimum absolute atomic E-state index is 0.0942. The highest BCUT2D eigenvalue weighted by Gasteiger charge is 2.16. The van der Waals surface area contributed by atoms with Crippen LogP contribution in [0.25, 0.3) is 0 Å². The van der Waals surface area contributed by atoms with Crippen molar-refractivity contribution in [2.75, 3.05) is 16.8 Å². The van der Waals surface area contributed by atoms with Gasteiger partial charge in [0.15, 0.2) is 0 Å². The van der Waals surface area contributed by atoms with Gasteiger partial charge in [-0.15, -0.1) is 0 Å². The Morgan fingerprint density at radius 1 is 1.08 bits per heavy atom. The molecule has 0 aromatic heterocycles. The number of benzene rings is 2. The molecule has 2 aromatic rings. The molecule has 0 radical (unpaired) electrons. The highest BCUT2D eigenvalue weighted by atomic mass is 35.5. The van der Waals surface area contributed by atoms with Crippen LogP contribution in [-0.4, -0.2) is 18.4 Å². The van der Waals surface area contributed by atoms with Crippen molar-refractivity contribution >= 4 is 46.4 Å². The second-order valence-electron chi connectivity index (χ2n) is 5.58. The molecule has 0 aliphatic carbocycles. The van der Waals surface area contributed by atoms with E-state index in [1.807, 2.05) is 31.2 Å². The van der Waals surface area contributed by atoms with Crippen LogP contribution in [0, 0.1) is 0 Å². The van der Waals surface area contributed by atoms with Crippen LogP contribution < -0.4 is 10.2 Å². The number of halogens is 2. The van der Waals surface area contributed by atoms with Crippen LogP contribution in [0.1, 0.15) is 25.8 Å². The van der Waals surface area contributed by atoms with Crippen molar-refractivity contribution in [3.05, 3.63) is 58.1 Å². The molecular weight excluding hydrogens is 359 g/mol. The Hall–Kier alpha value is -2.04. The van der Waals surface area contributed by atoms with E-state index in [2.05, 4.69) is 5.32 Å². The molecule has 4 nitrogen and oxygen atoms in total. The molecule has 0 aliphatic rings. The lowest BCUT2D eigenvalue weighted by atomic mass is 10.1. The van der Waals surface area contributed by atoms with Gasteiger partial charge in [0.05, 0.1) is 10.0 Å². The number of carbonyl (C=O) groups excluding carboxylic acids is 2. The van der Waals surface area contributed by atoms with Crippen molar-refractivity contribution in [3.8, 4) is 0 Å². The van der Waals surface area contributed by atoms with Crippen molar-refractivity contribution < 1.29 is 9.59 Å². The summed E-state index contributed by atoms with van der Waals surface area (Å²) in [5, 5.41) is 3.57. The molecule has 2 rings (SSSR count). The van der Waals surface area contributed by atoms with Gasteiger partial charge < -0.3 is 10.2 Å². The Bertz CT molecular complexity index is 778. The molecule has 2 amide bonds. The van der Waals surface area contributed by atoms with Crippen molar-refractivity contribution in [3.63, 3.8) is 0 Å². The van der Waals surface area contributed by atoms with Crippen molar-refractivity contribution in [2.24, 2.45) is 0 Å². The first kappa shape index (κ1) is 19.3. The van der Waals surface area contributed by atoms with Gasteiger partial charge in [0.1, 0.15) is 0 Å². The second kappa shape index (κ2) is 8.88. The van der Waals surface area contributed by atoms with Crippen molar-refractivity contribution in [1.82, 2.24) is 0 Å². The summed E-state index contributed by atoms with van der Waals surface area (Å²) in [7, 11) is 0. The molecule has 0 unspecified atom stereocenters. The van der Waals surface area contributed by atoms with Crippen LogP contribution in [0.5, 0.6) is 0 Å². The molecule has 0 heterocycles. The van der Waals surface area contributed by atoms with E-state index in [0.717, 1.165) is 17.7 Å². The van der Waals surface area contributed by atoms with Gasteiger partial charge in [-0.25, -0.2) is 0 Å². The van der Waals surface area contributed by atoms with Gasteiger partial charge in [-0.1, -0.05) is 48.3 Å². The van der Waals surface area contributed by atoms with E-state index >= 15 is 0 Å². The fourth-order valence-electron chi connectivity index (χ4n) is 2.53. The maximum Gasteiger partial charge on any atom is 0.226 e. The van der Waals surface area contributed by atoms with Gasteiger partial charge in [0.25, 0.3) is 0 Å². The SMILES string of the molecule is CCc1ccccc1N(CCC(=O)Nc1ccc(Cl)c(Cl)c1)C(C)=O. The minimum atomic E-state index is -0.196. The summed E-state index contributed by atoms with van der Waals surface area (Å²) in [6, 6.07) is 12.6. The summed E-state index contributed by atoms with van der Waals surface area (Å²) in [6.45, 7) is 3.84. The van der Waals surface area contributed by atoms with Crippen LogP contribution in [-0.2, 0) is 16.0 Å². The average molecular weight is 379 g/mol. The number of para-hydroxylation sites is 1. The molecule has 25 heavy (non-hydrogen) atoms. The highest BCUT2D eigenvalue weighted by molar-refractivity contribution is 6.42. The number of amides is 2. The zero-order chi connectivity index (χ0) is 18.4. The number of carbonyl (C=O) groups is 2. The van der Waals surface area contributed by atoms with Gasteiger partial charge >= 0.3 is 0 Å². The van der Waals surface area contributed by atoms with Gasteiger partial charge in [-0.05, 0) is 36.2 Å². The fraction of sp³-hybridized carbons (Fsp3) is 0.263. The van der Waals surface area contributed by atoms with Gasteiger partial charge in [0, 0.05) is 31.3 Å². The minimum Gasteiger partial charge on any atom is -0.326 e. The maximum absolute atomic E-state index is 12.2. The number of rotatable bonds is 6. The van der Waals surface area contributed by atoms with E-state index in [4.69, 9.17) is 23.2 Å². The first-order chi connectivity index (χ1) is 11.9. The number of nitrogens with zero attached hydrogens (tertiary/aromatic N) is 1. The molecule has 0 aliphatic heterocycles. The first-order valence-corrected chi connectivity index (χ1v) is 8.79. The lowest BCUT2D eigenvalue weighted by Crippen LogP contribution is -2.32. The fourth-order valence-corrected chi connectivity index (χ4v) is 2.83. The highest BCUT2D eigenvalue weighted by Crippen LogP contribution is 2.25. The predicted molar refractivity (Wildman–Crippen MR) is 104 cm³/mol. The van der Waals surface area contributed by atoms with Crippen LogP contribution in [0.2, 0.25) is 10.0 Å². The molecule has 0 bridgehead atoms. The smallest absolute Gasteiger partial charge is 0.226 e. The summed E-state index contributed by atoms with van der Waals surface area (Å²) in [4.78, 5) is 25.9. The lowest BCUT2D eigenvalue weighted by molar-refractivity contribution is -0.117. The normalized spacial score (nSPS) is 10.4. The Morgan fingerprint density at radius 3 is 2.44 bits per heavy atom. The zero-order valence-electron chi connectivity index (χ0n) is 14.2. The summed E-state index contributed by atoms with van der Waals surface area (Å²) < 4.78 is 0. The number of aryl methyl sites for hydroxylation is 1. The lowest BCUT2D eigenvalue weighted by Gasteiger charge is -2.23. The van der Waals surface area contributed by atoms with Crippen LogP contribution >= 0.6 is 23.2 Å². The van der Waals surface area contributed by atoms with Gasteiger partial charge in [-0.2, -0.15) is 0 Å². The van der Waals surface area contributed by atoms with Crippen molar-refractivity contribution in [1.29, 1.82) is 0 Å². The third-order valence-electron chi connectivity index (χ3n) is 3.81. The van der Waals surface area contributed by atoms with Gasteiger partial charge in [-0.3, -0.25) is 9.59 Å². The van der Waals surface area contributed by atoms with E-state index in [1.54, 1.807) is 23.1 Å². The molecule has 0 fully saturated rings. The van der Waals surface area contributed by atoms with Gasteiger partial charge in [0.2, 0.25) is 11.8 Å². The average Bonchev–Trinajstić information content (AvgIpc) is 2.58. The van der Waals surface area contributed by atoms with Crippen LogP contribution in [0.15, 0.2) is 42.5 Å². The molecule has 0 atom stereocenters. The largest absolute Gasteiger partial charge is 0.326 e. The summed E-state index contributed by atoms with van der Waals surface area (Å²) in [6.07, 6.45) is 0.993. The van der Waals surface area contributed by atoms with E-state index in [-0.39, 0.29) is 18.2 Å². The zero-order valence-corrected chi connectivity index (χ0v) is 15.7. The second-order valence-corrected chi connectivity index (χ2v) is 6.39. The number of hydrogen-bond acceptors (Lipinski definition) is 2. The molecule has 6 heteroatoms. The number of anilines is 2. The monoisotopic (exact) mass is 378 g/mol. The van der Waals surface area contributed by atoms with E-state index in [1.165, 1.54) is 6.92 Å². The quantitative estimate of drug-likeness (QED) is 0.773. The Balaban J connectivity index is 2.04. The Kier molecular flexibility index (Phi) is 6.85. The molecule has 1 N–H and O–H groups in total. The molecule has 0 saturated heterocycles. The third kappa shape index (κ3) is 5.21. The van der Waals surface area contributed by atoms with E-state index < -0.39 is 0 Å². The van der Waals surface area contributed by atoms with E-state index in [9.17, 15) is 9.59 Å². The molecule has 2 aromatic carbocycles. The Morgan fingerprint density at radius 2 is 1.80 bits per heavy atom. The summed E-state index contributed by atoms with van der Waals surface area (Å²) in [5.74, 6) is -0.290. The maximum atomic E-state index is 12.2. The van der Waals surface area contributed by atoms with E-state index in [0.29, 0.717) is 22.3 Å². The number of hydrogen-bond donors (Lipinski definition) is 1. The van der Waals surface area contributed by atoms with Crippen LogP contribution in [0.4, 0.5) is 11.4 Å². The molecular formula is C19H20Cl2N2O2. The van der Waals surface area contributed by atoms with Crippen molar-refractivity contribution in [2.45, 2.75) is 26.7 Å². The molecule has 0 saturated carbocycles.